The number of likely N-dealkylation sites (tertiary alicyclic amines) is 1. The number of nitrogens with zero attached hydrogens (tertiary/aromatic N) is 1. The predicted molar refractivity (Wildman–Crippen MR) is 71.8 cm³/mol. The van der Waals surface area contributed by atoms with E-state index in [9.17, 15) is 27.5 Å². The SMILES string of the molecule is CC1CCN(C(=O)Nc2ccc(F)cc2C(F)(F)F)CC1O. The highest BCUT2D eigenvalue weighted by Gasteiger charge is 2.35. The van der Waals surface area contributed by atoms with Crippen LogP contribution in [-0.2, 0) is 6.18 Å². The molecule has 4 nitrogen and oxygen atoms in total. The maximum atomic E-state index is 13.0. The highest BCUT2D eigenvalue weighted by Crippen LogP contribution is 2.35. The number of piperidine rings is 1. The Labute approximate surface area is 124 Å². The molecule has 122 valence electrons. The van der Waals surface area contributed by atoms with Gasteiger partial charge in [-0.2, -0.15) is 13.2 Å². The molecule has 2 amide bonds. The first kappa shape index (κ1) is 16.5. The highest BCUT2D eigenvalue weighted by atomic mass is 19.4. The van der Waals surface area contributed by atoms with Crippen molar-refractivity contribution < 1.29 is 27.5 Å². The fraction of sp³-hybridized carbons (Fsp3) is 0.500. The van der Waals surface area contributed by atoms with E-state index in [1.54, 1.807) is 0 Å². The average Bonchev–Trinajstić information content (AvgIpc) is 2.42. The minimum atomic E-state index is -4.78. The van der Waals surface area contributed by atoms with Crippen LogP contribution in [0.4, 0.5) is 28.0 Å². The number of carbonyl (C=O) groups excluding carboxylic acids is 1. The van der Waals surface area contributed by atoms with Crippen molar-refractivity contribution in [2.45, 2.75) is 25.6 Å². The third-order valence-corrected chi connectivity index (χ3v) is 3.73. The lowest BCUT2D eigenvalue weighted by Crippen LogP contribution is -2.47. The van der Waals surface area contributed by atoms with Crippen LogP contribution in [0.1, 0.15) is 18.9 Å². The molecule has 0 radical (unpaired) electrons. The number of amides is 2. The van der Waals surface area contributed by atoms with Gasteiger partial charge in [0, 0.05) is 13.1 Å². The number of nitrogens with one attached hydrogen (secondary N) is 1. The molecule has 1 saturated heterocycles. The first-order valence-corrected chi connectivity index (χ1v) is 6.79. The van der Waals surface area contributed by atoms with Crippen molar-refractivity contribution in [3.05, 3.63) is 29.6 Å². The van der Waals surface area contributed by atoms with E-state index in [1.165, 1.54) is 4.90 Å². The van der Waals surface area contributed by atoms with E-state index in [1.807, 2.05) is 6.92 Å². The van der Waals surface area contributed by atoms with Gasteiger partial charge < -0.3 is 15.3 Å². The zero-order valence-electron chi connectivity index (χ0n) is 11.8. The molecule has 1 heterocycles. The number of hydrogen-bond donors (Lipinski definition) is 2. The van der Waals surface area contributed by atoms with Crippen molar-refractivity contribution in [2.75, 3.05) is 18.4 Å². The topological polar surface area (TPSA) is 52.6 Å². The van der Waals surface area contributed by atoms with Gasteiger partial charge in [0.05, 0.1) is 17.4 Å². The quantitative estimate of drug-likeness (QED) is 0.781. The number of β-amino-alcohol motifs (C(OH)–C–C–N with tert-alkyl or cyclic N) is 1. The molecule has 2 atom stereocenters. The van der Waals surface area contributed by atoms with E-state index in [2.05, 4.69) is 5.32 Å². The summed E-state index contributed by atoms with van der Waals surface area (Å²) in [6.07, 6.45) is -4.93. The fourth-order valence-electron chi connectivity index (χ4n) is 2.29. The second-order valence-corrected chi connectivity index (χ2v) is 5.40. The standard InChI is InChI=1S/C14H16F4N2O2/c1-8-4-5-20(7-12(8)21)13(22)19-11-3-2-9(15)6-10(11)14(16,17)18/h2-3,6,8,12,21H,4-5,7H2,1H3,(H,19,22). The Morgan fingerprint density at radius 3 is 2.68 bits per heavy atom. The molecule has 2 unspecified atom stereocenters. The fourth-order valence-corrected chi connectivity index (χ4v) is 2.29. The van der Waals surface area contributed by atoms with Gasteiger partial charge in [0.1, 0.15) is 5.82 Å². The van der Waals surface area contributed by atoms with Gasteiger partial charge in [0.25, 0.3) is 0 Å². The summed E-state index contributed by atoms with van der Waals surface area (Å²) in [7, 11) is 0. The summed E-state index contributed by atoms with van der Waals surface area (Å²) in [5.74, 6) is -1.01. The zero-order chi connectivity index (χ0) is 16.5. The number of carbonyl (C=O) groups is 1. The highest BCUT2D eigenvalue weighted by molar-refractivity contribution is 5.90. The second kappa shape index (κ2) is 6.12. The molecule has 22 heavy (non-hydrogen) atoms. The molecule has 0 aliphatic carbocycles. The molecule has 0 bridgehead atoms. The molecular formula is C14H16F4N2O2. The molecule has 2 rings (SSSR count). The molecule has 0 spiro atoms. The van der Waals surface area contributed by atoms with E-state index in [-0.39, 0.29) is 12.5 Å². The summed E-state index contributed by atoms with van der Waals surface area (Å²) in [5.41, 5.74) is -1.75. The summed E-state index contributed by atoms with van der Waals surface area (Å²) >= 11 is 0. The maximum absolute atomic E-state index is 13.0. The molecule has 1 fully saturated rings. The van der Waals surface area contributed by atoms with E-state index < -0.39 is 35.4 Å². The summed E-state index contributed by atoms with van der Waals surface area (Å²) < 4.78 is 51.6. The van der Waals surface area contributed by atoms with E-state index in [4.69, 9.17) is 0 Å². The van der Waals surface area contributed by atoms with Crippen LogP contribution in [0.15, 0.2) is 18.2 Å². The van der Waals surface area contributed by atoms with Crippen molar-refractivity contribution in [1.29, 1.82) is 0 Å². The lowest BCUT2D eigenvalue weighted by atomic mass is 9.96. The lowest BCUT2D eigenvalue weighted by molar-refractivity contribution is -0.137. The van der Waals surface area contributed by atoms with Crippen LogP contribution < -0.4 is 5.32 Å². The average molecular weight is 320 g/mol. The minimum Gasteiger partial charge on any atom is -0.391 e. The van der Waals surface area contributed by atoms with Crippen LogP contribution in [0.5, 0.6) is 0 Å². The summed E-state index contributed by atoms with van der Waals surface area (Å²) in [6.45, 7) is 2.23. The number of aliphatic hydroxyl groups is 1. The molecule has 1 aromatic rings. The first-order chi connectivity index (χ1) is 10.2. The molecule has 8 heteroatoms. The Balaban J connectivity index is 2.15. The third-order valence-electron chi connectivity index (χ3n) is 3.73. The van der Waals surface area contributed by atoms with Crippen LogP contribution in [0, 0.1) is 11.7 Å². The summed E-state index contributed by atoms with van der Waals surface area (Å²) in [4.78, 5) is 13.3. The van der Waals surface area contributed by atoms with Crippen molar-refractivity contribution in [2.24, 2.45) is 5.92 Å². The lowest BCUT2D eigenvalue weighted by Gasteiger charge is -2.34. The van der Waals surface area contributed by atoms with Crippen molar-refractivity contribution in [1.82, 2.24) is 4.90 Å². The third kappa shape index (κ3) is 3.68. The van der Waals surface area contributed by atoms with Gasteiger partial charge >= 0.3 is 12.2 Å². The number of benzene rings is 1. The van der Waals surface area contributed by atoms with Gasteiger partial charge in [-0.25, -0.2) is 9.18 Å². The van der Waals surface area contributed by atoms with Crippen LogP contribution >= 0.6 is 0 Å². The van der Waals surface area contributed by atoms with Crippen molar-refractivity contribution in [3.8, 4) is 0 Å². The van der Waals surface area contributed by atoms with Crippen molar-refractivity contribution in [3.63, 3.8) is 0 Å². The zero-order valence-corrected chi connectivity index (χ0v) is 11.8. The van der Waals surface area contributed by atoms with Gasteiger partial charge in [0.2, 0.25) is 0 Å². The van der Waals surface area contributed by atoms with Crippen LogP contribution in [0.3, 0.4) is 0 Å². The number of hydrogen-bond acceptors (Lipinski definition) is 2. The molecular weight excluding hydrogens is 304 g/mol. The van der Waals surface area contributed by atoms with Gasteiger partial charge in [0.15, 0.2) is 0 Å². The van der Waals surface area contributed by atoms with Gasteiger partial charge in [-0.3, -0.25) is 0 Å². The van der Waals surface area contributed by atoms with Gasteiger partial charge in [-0.1, -0.05) is 6.92 Å². The smallest absolute Gasteiger partial charge is 0.391 e. The van der Waals surface area contributed by atoms with E-state index in [0.29, 0.717) is 19.0 Å². The molecule has 1 aliphatic rings. The largest absolute Gasteiger partial charge is 0.418 e. The number of aliphatic hydroxyl groups excluding tert-OH is 1. The van der Waals surface area contributed by atoms with Crippen LogP contribution in [0.25, 0.3) is 0 Å². The van der Waals surface area contributed by atoms with Crippen LogP contribution in [-0.4, -0.2) is 35.2 Å². The normalized spacial score (nSPS) is 22.5. The summed E-state index contributed by atoms with van der Waals surface area (Å²) in [6, 6.07) is 1.31. The van der Waals surface area contributed by atoms with E-state index in [0.717, 1.165) is 12.1 Å². The number of alkyl halides is 3. The number of rotatable bonds is 1. The Hall–Kier alpha value is -1.83. The molecule has 1 aromatic carbocycles. The predicted octanol–water partition coefficient (Wildman–Crippen LogP) is 3.08. The molecule has 0 saturated carbocycles. The van der Waals surface area contributed by atoms with Crippen LogP contribution in [0.2, 0.25) is 0 Å². The molecule has 0 aromatic heterocycles. The number of anilines is 1. The Morgan fingerprint density at radius 1 is 1.41 bits per heavy atom. The number of urea groups is 1. The monoisotopic (exact) mass is 320 g/mol. The number of halogens is 4. The Morgan fingerprint density at radius 2 is 2.09 bits per heavy atom. The van der Waals surface area contributed by atoms with Gasteiger partial charge in [-0.15, -0.1) is 0 Å². The molecule has 2 N–H and O–H groups in total. The first-order valence-electron chi connectivity index (χ1n) is 6.79. The summed E-state index contributed by atoms with van der Waals surface area (Å²) in [5, 5.41) is 11.9. The van der Waals surface area contributed by atoms with Gasteiger partial charge in [-0.05, 0) is 30.5 Å². The second-order valence-electron chi connectivity index (χ2n) is 5.40. The Kier molecular flexibility index (Phi) is 4.60. The van der Waals surface area contributed by atoms with E-state index >= 15 is 0 Å². The maximum Gasteiger partial charge on any atom is 0.418 e. The molecule has 1 aliphatic heterocycles. The van der Waals surface area contributed by atoms with Crippen molar-refractivity contribution >= 4 is 11.7 Å². The minimum absolute atomic E-state index is 0.0283. The Bertz CT molecular complexity index is 562.